The van der Waals surface area contributed by atoms with Crippen LogP contribution in [0, 0.1) is 0 Å². The number of hydrogen-bond donors (Lipinski definition) is 1. The van der Waals surface area contributed by atoms with Crippen molar-refractivity contribution in [3.63, 3.8) is 0 Å². The highest BCUT2D eigenvalue weighted by atomic mass is 19.3. The summed E-state index contributed by atoms with van der Waals surface area (Å²) in [4.78, 5) is 17.8. The van der Waals surface area contributed by atoms with Crippen LogP contribution in [0.2, 0.25) is 0 Å². The second-order valence-electron chi connectivity index (χ2n) is 12.1. The molecule has 3 fully saturated rings. The molecule has 1 aromatic carbocycles. The highest BCUT2D eigenvalue weighted by Crippen LogP contribution is 2.47. The van der Waals surface area contributed by atoms with Crippen LogP contribution in [0.1, 0.15) is 55.7 Å². The molecule has 1 N–H and O–H groups in total. The maximum atomic E-state index is 15.0. The lowest BCUT2D eigenvalue weighted by molar-refractivity contribution is -0.00183. The molecule has 2 aromatic heterocycles. The summed E-state index contributed by atoms with van der Waals surface area (Å²) in [5, 5.41) is 3.72. The SMILES string of the molecule is C[C@H]1CN(c2nc(OC[C@@]34CCCN3C[C@H](F)C4)nc3c(C(F)F)c(-c4cccc5c4CCC5(F)F)ncc23)CCN1. The number of halogens is 5. The van der Waals surface area contributed by atoms with E-state index in [1.54, 1.807) is 6.07 Å². The van der Waals surface area contributed by atoms with Gasteiger partial charge in [0.2, 0.25) is 0 Å². The number of rotatable bonds is 6. The van der Waals surface area contributed by atoms with Crippen molar-refractivity contribution in [3.05, 3.63) is 41.1 Å². The molecule has 0 unspecified atom stereocenters. The smallest absolute Gasteiger partial charge is 0.319 e. The Hall–Kier alpha value is -3.12. The summed E-state index contributed by atoms with van der Waals surface area (Å²) in [6.45, 7) is 5.18. The van der Waals surface area contributed by atoms with E-state index < -0.39 is 29.6 Å². The van der Waals surface area contributed by atoms with Crippen LogP contribution in [-0.4, -0.2) is 76.9 Å². The number of nitrogens with one attached hydrogen (secondary N) is 1. The number of aromatic nitrogens is 3. The summed E-state index contributed by atoms with van der Waals surface area (Å²) in [6.07, 6.45) is -0.703. The van der Waals surface area contributed by atoms with E-state index in [1.807, 2.05) is 11.8 Å². The predicted molar refractivity (Wildman–Crippen MR) is 148 cm³/mol. The Morgan fingerprint density at radius 3 is 2.81 bits per heavy atom. The van der Waals surface area contributed by atoms with E-state index in [-0.39, 0.29) is 53.8 Å². The van der Waals surface area contributed by atoms with Gasteiger partial charge in [-0.25, -0.2) is 22.0 Å². The van der Waals surface area contributed by atoms with E-state index in [2.05, 4.69) is 20.2 Å². The zero-order chi connectivity index (χ0) is 29.2. The van der Waals surface area contributed by atoms with Crippen LogP contribution in [0.4, 0.5) is 27.8 Å². The van der Waals surface area contributed by atoms with Crippen molar-refractivity contribution in [2.45, 2.75) is 69.1 Å². The van der Waals surface area contributed by atoms with Gasteiger partial charge in [0, 0.05) is 62.4 Å². The number of nitrogens with zero attached hydrogens (tertiary/aromatic N) is 5. The molecule has 224 valence electrons. The second kappa shape index (κ2) is 10.3. The Bertz CT molecular complexity index is 1520. The Balaban J connectivity index is 1.37. The monoisotopic (exact) mass is 588 g/mol. The summed E-state index contributed by atoms with van der Waals surface area (Å²) in [7, 11) is 0. The van der Waals surface area contributed by atoms with E-state index in [4.69, 9.17) is 9.72 Å². The molecule has 3 aromatic rings. The lowest BCUT2D eigenvalue weighted by Gasteiger charge is -2.34. The van der Waals surface area contributed by atoms with Gasteiger partial charge in [0.05, 0.1) is 27.7 Å². The first-order chi connectivity index (χ1) is 20.1. The zero-order valence-corrected chi connectivity index (χ0v) is 23.4. The van der Waals surface area contributed by atoms with Crippen LogP contribution >= 0.6 is 0 Å². The van der Waals surface area contributed by atoms with Crippen LogP contribution in [-0.2, 0) is 12.3 Å². The van der Waals surface area contributed by atoms with E-state index in [0.29, 0.717) is 49.4 Å². The van der Waals surface area contributed by atoms with Crippen molar-refractivity contribution in [3.8, 4) is 17.3 Å². The molecule has 12 heteroatoms. The Kier molecular flexibility index (Phi) is 6.76. The summed E-state index contributed by atoms with van der Waals surface area (Å²) in [5.41, 5.74) is -0.523. The number of pyridine rings is 1. The molecule has 0 saturated carbocycles. The maximum absolute atomic E-state index is 15.0. The number of benzene rings is 1. The van der Waals surface area contributed by atoms with Crippen molar-refractivity contribution >= 4 is 16.7 Å². The van der Waals surface area contributed by atoms with Crippen LogP contribution < -0.4 is 15.0 Å². The van der Waals surface area contributed by atoms with Crippen molar-refractivity contribution in [2.24, 2.45) is 0 Å². The van der Waals surface area contributed by atoms with Crippen LogP contribution in [0.15, 0.2) is 24.4 Å². The number of fused-ring (bicyclic) bond motifs is 3. The standard InChI is InChI=1S/C30H33F5N6O/c1-17-14-40(11-9-36-17)27-21-13-37-24(20-4-2-5-22-19(20)6-8-30(22,34)35)23(26(32)33)25(21)38-28(39-27)42-16-29-7-3-10-41(29)15-18(31)12-29/h2,4-5,13,17-18,26,36H,3,6-12,14-16H2,1H3/t17-,18+,29-/m0/s1. The summed E-state index contributed by atoms with van der Waals surface area (Å²) in [6, 6.07) is 4.46. The lowest BCUT2D eigenvalue weighted by atomic mass is 9.95. The second-order valence-corrected chi connectivity index (χ2v) is 12.1. The first-order valence-corrected chi connectivity index (χ1v) is 14.6. The molecule has 3 saturated heterocycles. The normalized spacial score (nSPS) is 27.2. The zero-order valence-electron chi connectivity index (χ0n) is 23.4. The third-order valence-corrected chi connectivity index (χ3v) is 9.37. The van der Waals surface area contributed by atoms with Gasteiger partial charge in [-0.1, -0.05) is 18.2 Å². The lowest BCUT2D eigenvalue weighted by Crippen LogP contribution is -2.49. The fraction of sp³-hybridized carbons (Fsp3) is 0.567. The Morgan fingerprint density at radius 1 is 1.14 bits per heavy atom. The summed E-state index contributed by atoms with van der Waals surface area (Å²) in [5.74, 6) is -2.58. The summed E-state index contributed by atoms with van der Waals surface area (Å²) >= 11 is 0. The minimum Gasteiger partial charge on any atom is -0.461 e. The largest absolute Gasteiger partial charge is 0.461 e. The number of alkyl halides is 5. The van der Waals surface area contributed by atoms with E-state index in [9.17, 15) is 13.2 Å². The van der Waals surface area contributed by atoms with Gasteiger partial charge in [-0.2, -0.15) is 9.97 Å². The van der Waals surface area contributed by atoms with Gasteiger partial charge >= 0.3 is 6.01 Å². The van der Waals surface area contributed by atoms with E-state index >= 15 is 8.78 Å². The first kappa shape index (κ1) is 27.7. The van der Waals surface area contributed by atoms with Crippen LogP contribution in [0.25, 0.3) is 22.2 Å². The summed E-state index contributed by atoms with van der Waals surface area (Å²) < 4.78 is 79.7. The van der Waals surface area contributed by atoms with Crippen LogP contribution in [0.5, 0.6) is 6.01 Å². The highest BCUT2D eigenvalue weighted by molar-refractivity contribution is 5.95. The van der Waals surface area contributed by atoms with Gasteiger partial charge in [0.1, 0.15) is 18.6 Å². The van der Waals surface area contributed by atoms with Crippen molar-refractivity contribution in [1.82, 2.24) is 25.2 Å². The van der Waals surface area contributed by atoms with Gasteiger partial charge in [-0.3, -0.25) is 9.88 Å². The maximum Gasteiger partial charge on any atom is 0.319 e. The molecule has 4 aliphatic rings. The van der Waals surface area contributed by atoms with Crippen molar-refractivity contribution in [2.75, 3.05) is 44.2 Å². The molecule has 42 heavy (non-hydrogen) atoms. The number of anilines is 1. The van der Waals surface area contributed by atoms with Gasteiger partial charge in [0.25, 0.3) is 12.3 Å². The van der Waals surface area contributed by atoms with Gasteiger partial charge in [0.15, 0.2) is 0 Å². The molecule has 0 radical (unpaired) electrons. The quantitative estimate of drug-likeness (QED) is 0.386. The van der Waals surface area contributed by atoms with Gasteiger partial charge in [-0.05, 0) is 38.3 Å². The minimum atomic E-state index is -3.02. The average molecular weight is 589 g/mol. The van der Waals surface area contributed by atoms with Crippen molar-refractivity contribution < 1.29 is 26.7 Å². The molecule has 5 heterocycles. The first-order valence-electron chi connectivity index (χ1n) is 14.6. The molecular formula is C30H33F5N6O. The molecule has 7 rings (SSSR count). The predicted octanol–water partition coefficient (Wildman–Crippen LogP) is 5.42. The fourth-order valence-electron chi connectivity index (χ4n) is 7.41. The molecule has 0 spiro atoms. The van der Waals surface area contributed by atoms with Crippen molar-refractivity contribution in [1.29, 1.82) is 0 Å². The molecule has 0 amide bonds. The van der Waals surface area contributed by atoms with E-state index in [1.165, 1.54) is 18.3 Å². The molecular weight excluding hydrogens is 555 g/mol. The molecule has 3 aliphatic heterocycles. The molecule has 7 nitrogen and oxygen atoms in total. The minimum absolute atomic E-state index is 0.0147. The topological polar surface area (TPSA) is 66.4 Å². The third kappa shape index (κ3) is 4.57. The number of ether oxygens (including phenoxy) is 1. The molecule has 3 atom stereocenters. The molecule has 1 aliphatic carbocycles. The van der Waals surface area contributed by atoms with E-state index in [0.717, 1.165) is 19.4 Å². The Labute approximate surface area is 240 Å². The third-order valence-electron chi connectivity index (χ3n) is 9.37. The average Bonchev–Trinajstić information content (AvgIpc) is 3.59. The Morgan fingerprint density at radius 2 is 2.00 bits per heavy atom. The number of hydrogen-bond acceptors (Lipinski definition) is 7. The molecule has 0 bridgehead atoms. The van der Waals surface area contributed by atoms with Crippen LogP contribution in [0.3, 0.4) is 0 Å². The highest BCUT2D eigenvalue weighted by Gasteiger charge is 2.49. The van der Waals surface area contributed by atoms with Gasteiger partial charge in [-0.15, -0.1) is 0 Å². The number of piperazine rings is 1. The van der Waals surface area contributed by atoms with Gasteiger partial charge < -0.3 is 15.0 Å². The fourth-order valence-corrected chi connectivity index (χ4v) is 7.41.